The lowest BCUT2D eigenvalue weighted by Crippen LogP contribution is -2.34. The number of hydrogen-bond donors (Lipinski definition) is 1. The molecule has 2 rings (SSSR count). The molecule has 1 atom stereocenters. The van der Waals surface area contributed by atoms with Crippen LogP contribution in [-0.2, 0) is 19.9 Å². The third kappa shape index (κ3) is 4.46. The maximum absolute atomic E-state index is 12.9. The van der Waals surface area contributed by atoms with Crippen LogP contribution in [0, 0.1) is 5.82 Å². The van der Waals surface area contributed by atoms with Crippen LogP contribution in [0.25, 0.3) is 0 Å². The summed E-state index contributed by atoms with van der Waals surface area (Å²) in [6.45, 7) is 3.14. The van der Waals surface area contributed by atoms with Crippen molar-refractivity contribution in [3.63, 3.8) is 0 Å². The fourth-order valence-electron chi connectivity index (χ4n) is 2.29. The number of halogens is 1. The number of aryl methyl sites for hydroxylation is 1. The molecule has 0 aliphatic carbocycles. The second-order valence-electron chi connectivity index (χ2n) is 5.17. The molecular formula is C16H22FN3. The lowest BCUT2D eigenvalue weighted by Gasteiger charge is -2.17. The van der Waals surface area contributed by atoms with Gasteiger partial charge in [-0.15, -0.1) is 0 Å². The first kappa shape index (κ1) is 14.7. The van der Waals surface area contributed by atoms with E-state index in [0.717, 1.165) is 37.1 Å². The smallest absolute Gasteiger partial charge is 0.123 e. The Kier molecular flexibility index (Phi) is 5.30. The predicted molar refractivity (Wildman–Crippen MR) is 79.1 cm³/mol. The van der Waals surface area contributed by atoms with Crippen LogP contribution in [0.15, 0.2) is 36.5 Å². The van der Waals surface area contributed by atoms with Crippen LogP contribution in [0.5, 0.6) is 0 Å². The Morgan fingerprint density at radius 2 is 1.95 bits per heavy atom. The second kappa shape index (κ2) is 7.20. The van der Waals surface area contributed by atoms with Gasteiger partial charge in [-0.25, -0.2) is 4.39 Å². The summed E-state index contributed by atoms with van der Waals surface area (Å²) < 4.78 is 14.8. The van der Waals surface area contributed by atoms with Crippen molar-refractivity contribution < 1.29 is 4.39 Å². The normalized spacial score (nSPS) is 12.6. The molecule has 0 bridgehead atoms. The van der Waals surface area contributed by atoms with Gasteiger partial charge in [0, 0.05) is 25.7 Å². The number of benzene rings is 1. The van der Waals surface area contributed by atoms with Crippen LogP contribution in [0.3, 0.4) is 0 Å². The molecule has 0 saturated carbocycles. The van der Waals surface area contributed by atoms with E-state index in [4.69, 9.17) is 0 Å². The van der Waals surface area contributed by atoms with E-state index in [1.165, 1.54) is 12.1 Å². The zero-order valence-corrected chi connectivity index (χ0v) is 12.1. The van der Waals surface area contributed by atoms with Gasteiger partial charge in [0.25, 0.3) is 0 Å². The number of hydrogen-bond acceptors (Lipinski definition) is 2. The van der Waals surface area contributed by atoms with E-state index in [2.05, 4.69) is 17.3 Å². The molecule has 108 valence electrons. The van der Waals surface area contributed by atoms with E-state index < -0.39 is 0 Å². The van der Waals surface area contributed by atoms with Gasteiger partial charge in [0.1, 0.15) is 5.82 Å². The quantitative estimate of drug-likeness (QED) is 0.842. The van der Waals surface area contributed by atoms with Gasteiger partial charge in [0.2, 0.25) is 0 Å². The third-order valence-corrected chi connectivity index (χ3v) is 3.30. The zero-order valence-electron chi connectivity index (χ0n) is 12.1. The van der Waals surface area contributed by atoms with Crippen molar-refractivity contribution in [3.05, 3.63) is 53.6 Å². The first-order valence-corrected chi connectivity index (χ1v) is 7.13. The molecule has 0 radical (unpaired) electrons. The zero-order chi connectivity index (χ0) is 14.4. The number of rotatable bonds is 7. The van der Waals surface area contributed by atoms with E-state index in [1.54, 1.807) is 0 Å². The van der Waals surface area contributed by atoms with Crippen molar-refractivity contribution in [3.8, 4) is 0 Å². The van der Waals surface area contributed by atoms with Crippen LogP contribution < -0.4 is 5.32 Å². The summed E-state index contributed by atoms with van der Waals surface area (Å²) in [5.41, 5.74) is 2.24. The first-order chi connectivity index (χ1) is 9.67. The highest BCUT2D eigenvalue weighted by Crippen LogP contribution is 2.09. The standard InChI is InChI=1S/C16H22FN3/c1-3-9-18-16(12-15-8-10-20(2)19-15)11-13-4-6-14(17)7-5-13/h4-8,10,16,18H,3,9,11-12H2,1-2H3. The van der Waals surface area contributed by atoms with E-state index in [1.807, 2.05) is 36.1 Å². The molecule has 1 unspecified atom stereocenters. The molecule has 0 amide bonds. The fraction of sp³-hybridized carbons (Fsp3) is 0.438. The molecule has 1 N–H and O–H groups in total. The minimum Gasteiger partial charge on any atom is -0.313 e. The van der Waals surface area contributed by atoms with Crippen LogP contribution in [0.4, 0.5) is 4.39 Å². The molecule has 0 aliphatic rings. The Morgan fingerprint density at radius 3 is 2.55 bits per heavy atom. The number of nitrogens with one attached hydrogen (secondary N) is 1. The van der Waals surface area contributed by atoms with Gasteiger partial charge in [-0.3, -0.25) is 4.68 Å². The molecular weight excluding hydrogens is 253 g/mol. The molecule has 2 aromatic rings. The molecule has 3 nitrogen and oxygen atoms in total. The first-order valence-electron chi connectivity index (χ1n) is 7.13. The summed E-state index contributed by atoms with van der Waals surface area (Å²) >= 11 is 0. The van der Waals surface area contributed by atoms with Gasteiger partial charge < -0.3 is 5.32 Å². The van der Waals surface area contributed by atoms with E-state index in [0.29, 0.717) is 6.04 Å². The van der Waals surface area contributed by atoms with Crippen molar-refractivity contribution in [2.45, 2.75) is 32.2 Å². The summed E-state index contributed by atoms with van der Waals surface area (Å²) in [4.78, 5) is 0. The molecule has 1 heterocycles. The van der Waals surface area contributed by atoms with Crippen LogP contribution >= 0.6 is 0 Å². The van der Waals surface area contributed by atoms with Gasteiger partial charge in [-0.1, -0.05) is 19.1 Å². The fourth-order valence-corrected chi connectivity index (χ4v) is 2.29. The van der Waals surface area contributed by atoms with Crippen LogP contribution in [0.2, 0.25) is 0 Å². The van der Waals surface area contributed by atoms with Gasteiger partial charge in [0.15, 0.2) is 0 Å². The highest BCUT2D eigenvalue weighted by molar-refractivity contribution is 5.18. The Hall–Kier alpha value is -1.68. The SMILES string of the molecule is CCCNC(Cc1ccc(F)cc1)Cc1ccn(C)n1. The highest BCUT2D eigenvalue weighted by Gasteiger charge is 2.11. The maximum atomic E-state index is 12.9. The molecule has 0 spiro atoms. The van der Waals surface area contributed by atoms with Crippen molar-refractivity contribution in [1.29, 1.82) is 0 Å². The molecule has 0 fully saturated rings. The lowest BCUT2D eigenvalue weighted by atomic mass is 10.0. The lowest BCUT2D eigenvalue weighted by molar-refractivity contribution is 0.497. The Balaban J connectivity index is 2.00. The Bertz CT molecular complexity index is 519. The van der Waals surface area contributed by atoms with Crippen molar-refractivity contribution >= 4 is 0 Å². The largest absolute Gasteiger partial charge is 0.313 e. The maximum Gasteiger partial charge on any atom is 0.123 e. The molecule has 0 saturated heterocycles. The van der Waals surface area contributed by atoms with E-state index in [-0.39, 0.29) is 5.82 Å². The van der Waals surface area contributed by atoms with Crippen LogP contribution in [0.1, 0.15) is 24.6 Å². The molecule has 4 heteroatoms. The van der Waals surface area contributed by atoms with Crippen LogP contribution in [-0.4, -0.2) is 22.4 Å². The summed E-state index contributed by atoms with van der Waals surface area (Å²) in [7, 11) is 1.93. The minimum atomic E-state index is -0.184. The predicted octanol–water partition coefficient (Wildman–Crippen LogP) is 2.71. The number of nitrogens with zero attached hydrogens (tertiary/aromatic N) is 2. The summed E-state index contributed by atoms with van der Waals surface area (Å²) in [6, 6.07) is 9.13. The summed E-state index contributed by atoms with van der Waals surface area (Å²) in [5.74, 6) is -0.184. The second-order valence-corrected chi connectivity index (χ2v) is 5.17. The minimum absolute atomic E-state index is 0.184. The summed E-state index contributed by atoms with van der Waals surface area (Å²) in [5, 5.41) is 7.98. The average molecular weight is 275 g/mol. The van der Waals surface area contributed by atoms with Gasteiger partial charge >= 0.3 is 0 Å². The van der Waals surface area contributed by atoms with Crippen molar-refractivity contribution in [1.82, 2.24) is 15.1 Å². The molecule has 20 heavy (non-hydrogen) atoms. The molecule has 1 aromatic heterocycles. The Labute approximate surface area is 119 Å². The summed E-state index contributed by atoms with van der Waals surface area (Å²) in [6.07, 6.45) is 4.83. The molecule has 1 aromatic carbocycles. The topological polar surface area (TPSA) is 29.9 Å². The van der Waals surface area contributed by atoms with E-state index >= 15 is 0 Å². The van der Waals surface area contributed by atoms with Gasteiger partial charge in [-0.2, -0.15) is 5.10 Å². The highest BCUT2D eigenvalue weighted by atomic mass is 19.1. The average Bonchev–Trinajstić information content (AvgIpc) is 2.84. The van der Waals surface area contributed by atoms with Gasteiger partial charge in [-0.05, 0) is 43.1 Å². The van der Waals surface area contributed by atoms with Crippen molar-refractivity contribution in [2.75, 3.05) is 6.54 Å². The number of aromatic nitrogens is 2. The van der Waals surface area contributed by atoms with Crippen molar-refractivity contribution in [2.24, 2.45) is 7.05 Å². The Morgan fingerprint density at radius 1 is 1.20 bits per heavy atom. The molecule has 0 aliphatic heterocycles. The van der Waals surface area contributed by atoms with E-state index in [9.17, 15) is 4.39 Å². The third-order valence-electron chi connectivity index (χ3n) is 3.30. The monoisotopic (exact) mass is 275 g/mol. The van der Waals surface area contributed by atoms with Gasteiger partial charge in [0.05, 0.1) is 5.69 Å².